The van der Waals surface area contributed by atoms with Gasteiger partial charge in [0.2, 0.25) is 0 Å². The van der Waals surface area contributed by atoms with E-state index in [1.54, 1.807) is 12.1 Å². The largest absolute Gasteiger partial charge is 0.302 e. The van der Waals surface area contributed by atoms with Gasteiger partial charge in [0.15, 0.2) is 11.0 Å². The van der Waals surface area contributed by atoms with Crippen LogP contribution in [0.15, 0.2) is 64.9 Å². The first kappa shape index (κ1) is 18.8. The van der Waals surface area contributed by atoms with E-state index in [0.717, 1.165) is 11.4 Å². The highest BCUT2D eigenvalue weighted by molar-refractivity contribution is 7.99. The lowest BCUT2D eigenvalue weighted by Gasteiger charge is -2.06. The summed E-state index contributed by atoms with van der Waals surface area (Å²) in [6, 6.07) is 15.7. The molecule has 0 bridgehead atoms. The van der Waals surface area contributed by atoms with Crippen LogP contribution in [0.4, 0.5) is 4.39 Å². The van der Waals surface area contributed by atoms with Crippen LogP contribution >= 0.6 is 11.8 Å². The van der Waals surface area contributed by atoms with Crippen molar-refractivity contribution >= 4 is 23.9 Å². The van der Waals surface area contributed by atoms with Crippen LogP contribution in [0.3, 0.4) is 0 Å². The fourth-order valence-electron chi connectivity index (χ4n) is 2.41. The number of carbonyl (C=O) groups excluding carboxylic acids is 1. The van der Waals surface area contributed by atoms with Gasteiger partial charge in [0.05, 0.1) is 12.0 Å². The van der Waals surface area contributed by atoms with Crippen molar-refractivity contribution in [1.82, 2.24) is 20.2 Å². The molecule has 27 heavy (non-hydrogen) atoms. The summed E-state index contributed by atoms with van der Waals surface area (Å²) in [7, 11) is 0. The van der Waals surface area contributed by atoms with Crippen molar-refractivity contribution in [3.05, 3.63) is 66.0 Å². The predicted octanol–water partition coefficient (Wildman–Crippen LogP) is 3.35. The Labute approximate surface area is 160 Å². The van der Waals surface area contributed by atoms with Crippen molar-refractivity contribution in [3.8, 4) is 11.4 Å². The van der Waals surface area contributed by atoms with E-state index in [9.17, 15) is 9.18 Å². The van der Waals surface area contributed by atoms with Crippen LogP contribution in [0.25, 0.3) is 11.4 Å². The van der Waals surface area contributed by atoms with Crippen molar-refractivity contribution in [2.24, 2.45) is 5.10 Å². The molecule has 0 unspecified atom stereocenters. The molecule has 138 valence electrons. The maximum absolute atomic E-state index is 13.1. The minimum Gasteiger partial charge on any atom is -0.302 e. The first-order chi connectivity index (χ1) is 13.2. The monoisotopic (exact) mass is 383 g/mol. The topological polar surface area (TPSA) is 72.2 Å². The van der Waals surface area contributed by atoms with Crippen LogP contribution in [0, 0.1) is 5.82 Å². The molecule has 0 spiro atoms. The summed E-state index contributed by atoms with van der Waals surface area (Å²) < 4.78 is 15.1. The zero-order valence-corrected chi connectivity index (χ0v) is 15.5. The molecule has 6 nitrogen and oxygen atoms in total. The number of nitrogens with one attached hydrogen (secondary N) is 1. The van der Waals surface area contributed by atoms with Gasteiger partial charge in [0, 0.05) is 12.1 Å². The average Bonchev–Trinajstić information content (AvgIpc) is 3.10. The van der Waals surface area contributed by atoms with E-state index >= 15 is 0 Å². The van der Waals surface area contributed by atoms with Crippen LogP contribution in [0.2, 0.25) is 0 Å². The Balaban J connectivity index is 1.58. The number of carbonyl (C=O) groups is 1. The summed E-state index contributed by atoms with van der Waals surface area (Å²) in [4.78, 5) is 12.0. The Hall–Kier alpha value is -3.00. The van der Waals surface area contributed by atoms with Gasteiger partial charge in [-0.15, -0.1) is 10.2 Å². The van der Waals surface area contributed by atoms with E-state index in [1.807, 2.05) is 41.8 Å². The molecule has 0 aliphatic rings. The van der Waals surface area contributed by atoms with E-state index in [1.165, 1.54) is 30.1 Å². The maximum Gasteiger partial charge on any atom is 0.250 e. The molecule has 0 saturated heterocycles. The summed E-state index contributed by atoms with van der Waals surface area (Å²) >= 11 is 1.29. The second-order valence-corrected chi connectivity index (χ2v) is 6.50. The van der Waals surface area contributed by atoms with Gasteiger partial charge in [-0.25, -0.2) is 9.82 Å². The fourth-order valence-corrected chi connectivity index (χ4v) is 3.20. The molecule has 2 aromatic carbocycles. The van der Waals surface area contributed by atoms with E-state index in [2.05, 4.69) is 20.7 Å². The van der Waals surface area contributed by atoms with Crippen molar-refractivity contribution in [3.63, 3.8) is 0 Å². The summed E-state index contributed by atoms with van der Waals surface area (Å²) in [5.74, 6) is 0.284. The molecule has 1 amide bonds. The molecule has 0 aliphatic carbocycles. The molecule has 1 heterocycles. The Morgan fingerprint density at radius 1 is 1.22 bits per heavy atom. The smallest absolute Gasteiger partial charge is 0.250 e. The van der Waals surface area contributed by atoms with Crippen LogP contribution in [-0.2, 0) is 11.3 Å². The molecular weight excluding hydrogens is 365 g/mol. The number of thioether (sulfide) groups is 1. The summed E-state index contributed by atoms with van der Waals surface area (Å²) in [6.07, 6.45) is 1.40. The van der Waals surface area contributed by atoms with Crippen LogP contribution in [0.1, 0.15) is 12.5 Å². The Kier molecular flexibility index (Phi) is 6.32. The highest BCUT2D eigenvalue weighted by atomic mass is 32.2. The van der Waals surface area contributed by atoms with Crippen LogP contribution < -0.4 is 5.43 Å². The normalized spacial score (nSPS) is 11.0. The molecular formula is C19H18FN5OS. The number of halogens is 1. The maximum atomic E-state index is 13.1. The minimum atomic E-state index is -0.353. The third-order valence-corrected chi connectivity index (χ3v) is 4.62. The zero-order chi connectivity index (χ0) is 19.1. The molecule has 8 heteroatoms. The third-order valence-electron chi connectivity index (χ3n) is 3.65. The molecule has 3 aromatic rings. The molecule has 0 aliphatic heterocycles. The average molecular weight is 383 g/mol. The van der Waals surface area contributed by atoms with Crippen molar-refractivity contribution < 1.29 is 9.18 Å². The van der Waals surface area contributed by atoms with Crippen LogP contribution in [-0.4, -0.2) is 32.6 Å². The van der Waals surface area contributed by atoms with Gasteiger partial charge in [0.1, 0.15) is 5.82 Å². The first-order valence-corrected chi connectivity index (χ1v) is 9.35. The summed E-state index contributed by atoms with van der Waals surface area (Å²) in [5.41, 5.74) is 3.97. The Morgan fingerprint density at radius 2 is 2.04 bits per heavy atom. The molecule has 0 fully saturated rings. The quantitative estimate of drug-likeness (QED) is 0.386. The molecule has 3 rings (SSSR count). The first-order valence-electron chi connectivity index (χ1n) is 8.36. The van der Waals surface area contributed by atoms with E-state index in [0.29, 0.717) is 17.3 Å². The standard InChI is InChI=1S/C19H18FN5OS/c1-2-25-18(15-8-4-3-5-9-15)23-24-19(25)27-13-17(26)22-21-12-14-7-6-10-16(20)11-14/h3-12H,2,13H2,1H3,(H,22,26)/b21-12-. The minimum absolute atomic E-state index is 0.146. The van der Waals surface area contributed by atoms with Gasteiger partial charge in [-0.05, 0) is 24.6 Å². The fraction of sp³-hybridized carbons (Fsp3) is 0.158. The molecule has 0 atom stereocenters. The van der Waals surface area contributed by atoms with Gasteiger partial charge in [0.25, 0.3) is 5.91 Å². The molecule has 1 N–H and O–H groups in total. The van der Waals surface area contributed by atoms with Gasteiger partial charge in [-0.2, -0.15) is 5.10 Å². The lowest BCUT2D eigenvalue weighted by molar-refractivity contribution is -0.118. The lowest BCUT2D eigenvalue weighted by atomic mass is 10.2. The number of aromatic nitrogens is 3. The number of amides is 1. The number of rotatable bonds is 7. The number of nitrogens with zero attached hydrogens (tertiary/aromatic N) is 4. The van der Waals surface area contributed by atoms with E-state index < -0.39 is 0 Å². The lowest BCUT2D eigenvalue weighted by Crippen LogP contribution is -2.20. The Bertz CT molecular complexity index is 942. The summed E-state index contributed by atoms with van der Waals surface area (Å²) in [5, 5.41) is 12.9. The van der Waals surface area contributed by atoms with Gasteiger partial charge in [-0.1, -0.05) is 54.2 Å². The molecule has 0 saturated carbocycles. The van der Waals surface area contributed by atoms with Crippen molar-refractivity contribution in [2.75, 3.05) is 5.75 Å². The molecule has 1 aromatic heterocycles. The van der Waals surface area contributed by atoms with E-state index in [-0.39, 0.29) is 17.5 Å². The van der Waals surface area contributed by atoms with Gasteiger partial charge < -0.3 is 4.57 Å². The number of hydrazone groups is 1. The van der Waals surface area contributed by atoms with Gasteiger partial charge >= 0.3 is 0 Å². The Morgan fingerprint density at radius 3 is 2.78 bits per heavy atom. The van der Waals surface area contributed by atoms with Crippen molar-refractivity contribution in [2.45, 2.75) is 18.6 Å². The number of hydrogen-bond donors (Lipinski definition) is 1. The zero-order valence-electron chi connectivity index (χ0n) is 14.7. The second-order valence-electron chi connectivity index (χ2n) is 5.55. The predicted molar refractivity (Wildman–Crippen MR) is 104 cm³/mol. The highest BCUT2D eigenvalue weighted by Gasteiger charge is 2.14. The highest BCUT2D eigenvalue weighted by Crippen LogP contribution is 2.23. The van der Waals surface area contributed by atoms with E-state index in [4.69, 9.17) is 0 Å². The summed E-state index contributed by atoms with van der Waals surface area (Å²) in [6.45, 7) is 2.70. The molecule has 0 radical (unpaired) electrons. The van der Waals surface area contributed by atoms with Gasteiger partial charge in [-0.3, -0.25) is 4.79 Å². The van der Waals surface area contributed by atoms with Crippen LogP contribution in [0.5, 0.6) is 0 Å². The second kappa shape index (κ2) is 9.09. The SMILES string of the molecule is CCn1c(SCC(=O)N/N=C\c2cccc(F)c2)nnc1-c1ccccc1. The third kappa shape index (κ3) is 5.01. The van der Waals surface area contributed by atoms with Crippen molar-refractivity contribution in [1.29, 1.82) is 0 Å². The number of benzene rings is 2. The number of hydrogen-bond acceptors (Lipinski definition) is 5.